The molecule has 0 radical (unpaired) electrons. The molecule has 2 rings (SSSR count). The molecule has 0 saturated heterocycles. The van der Waals surface area contributed by atoms with Crippen molar-refractivity contribution in [2.75, 3.05) is 5.73 Å². The Bertz CT molecular complexity index is 540. The minimum Gasteiger partial charge on any atom is -0.383 e. The van der Waals surface area contributed by atoms with Gasteiger partial charge in [-0.2, -0.15) is 10.2 Å². The molecule has 0 aliphatic rings. The molecule has 2 aromatic heterocycles. The van der Waals surface area contributed by atoms with Gasteiger partial charge < -0.3 is 5.73 Å². The number of carbonyl (C=O) groups is 1. The molecule has 0 bridgehead atoms. The van der Waals surface area contributed by atoms with Gasteiger partial charge in [0.15, 0.2) is 5.78 Å². The highest BCUT2D eigenvalue weighted by molar-refractivity contribution is 6.01. The van der Waals surface area contributed by atoms with Crippen molar-refractivity contribution in [3.8, 4) is 0 Å². The number of Topliss-reactive ketones (excluding diaryl/α,β-unsaturated/α-hetero) is 1. The molecule has 0 spiro atoms. The Morgan fingerprint density at radius 1 is 1.41 bits per heavy atom. The van der Waals surface area contributed by atoms with E-state index in [2.05, 4.69) is 10.2 Å². The summed E-state index contributed by atoms with van der Waals surface area (Å²) in [6.45, 7) is 2.79. The molecule has 6 heteroatoms. The van der Waals surface area contributed by atoms with Crippen LogP contribution in [-0.4, -0.2) is 25.3 Å². The average molecular weight is 233 g/mol. The van der Waals surface area contributed by atoms with Crippen molar-refractivity contribution in [3.63, 3.8) is 0 Å². The van der Waals surface area contributed by atoms with Crippen LogP contribution in [0.15, 0.2) is 18.6 Å². The van der Waals surface area contributed by atoms with Crippen molar-refractivity contribution in [2.45, 2.75) is 19.9 Å². The smallest absolute Gasteiger partial charge is 0.172 e. The Morgan fingerprint density at radius 2 is 2.18 bits per heavy atom. The summed E-state index contributed by atoms with van der Waals surface area (Å²) in [7, 11) is 1.71. The van der Waals surface area contributed by atoms with Gasteiger partial charge in [-0.25, -0.2) is 0 Å². The minimum atomic E-state index is -0.0359. The molecule has 0 aliphatic heterocycles. The number of rotatable bonds is 4. The van der Waals surface area contributed by atoms with Crippen LogP contribution in [0.25, 0.3) is 0 Å². The van der Waals surface area contributed by atoms with Gasteiger partial charge in [-0.15, -0.1) is 0 Å². The van der Waals surface area contributed by atoms with Crippen molar-refractivity contribution in [3.05, 3.63) is 29.7 Å². The third kappa shape index (κ3) is 2.20. The van der Waals surface area contributed by atoms with E-state index in [-0.39, 0.29) is 5.78 Å². The number of anilines is 1. The number of nitrogen functional groups attached to an aromatic ring is 1. The van der Waals surface area contributed by atoms with E-state index in [9.17, 15) is 4.79 Å². The highest BCUT2D eigenvalue weighted by atomic mass is 16.1. The fourth-order valence-electron chi connectivity index (χ4n) is 1.61. The molecule has 2 heterocycles. The Morgan fingerprint density at radius 3 is 2.71 bits per heavy atom. The first-order valence-electron chi connectivity index (χ1n) is 5.43. The third-order valence-corrected chi connectivity index (χ3v) is 2.66. The highest BCUT2D eigenvalue weighted by Crippen LogP contribution is 2.13. The molecule has 0 aromatic carbocycles. The Balaban J connectivity index is 2.14. The van der Waals surface area contributed by atoms with Crippen LogP contribution < -0.4 is 5.73 Å². The van der Waals surface area contributed by atoms with Crippen molar-refractivity contribution in [1.29, 1.82) is 0 Å². The van der Waals surface area contributed by atoms with Gasteiger partial charge in [-0.05, 0) is 12.5 Å². The van der Waals surface area contributed by atoms with E-state index < -0.39 is 0 Å². The zero-order chi connectivity index (χ0) is 12.4. The number of hydrogen-bond acceptors (Lipinski definition) is 4. The lowest BCUT2D eigenvalue weighted by molar-refractivity contribution is 0.0994. The summed E-state index contributed by atoms with van der Waals surface area (Å²) in [6.07, 6.45) is 5.37. The second-order valence-corrected chi connectivity index (χ2v) is 3.87. The first kappa shape index (κ1) is 11.4. The normalized spacial score (nSPS) is 10.7. The largest absolute Gasteiger partial charge is 0.383 e. The molecule has 6 nitrogen and oxygen atoms in total. The molecule has 2 N–H and O–H groups in total. The molecule has 0 unspecified atom stereocenters. The minimum absolute atomic E-state index is 0.0359. The van der Waals surface area contributed by atoms with Crippen LogP contribution in [0.3, 0.4) is 0 Å². The van der Waals surface area contributed by atoms with Crippen LogP contribution in [0.5, 0.6) is 0 Å². The van der Waals surface area contributed by atoms with Gasteiger partial charge in [0.2, 0.25) is 0 Å². The van der Waals surface area contributed by atoms with Crippen LogP contribution in [0.4, 0.5) is 5.82 Å². The summed E-state index contributed by atoms with van der Waals surface area (Å²) in [4.78, 5) is 12.0. The van der Waals surface area contributed by atoms with E-state index in [0.717, 1.165) is 12.1 Å². The molecule has 0 fully saturated rings. The van der Waals surface area contributed by atoms with Crippen molar-refractivity contribution < 1.29 is 4.79 Å². The van der Waals surface area contributed by atoms with Crippen molar-refractivity contribution in [1.82, 2.24) is 19.6 Å². The Labute approximate surface area is 99.0 Å². The van der Waals surface area contributed by atoms with Gasteiger partial charge in [-0.1, -0.05) is 0 Å². The highest BCUT2D eigenvalue weighted by Gasteiger charge is 2.14. The molecule has 0 amide bonds. The number of aromatic nitrogens is 4. The van der Waals surface area contributed by atoms with E-state index >= 15 is 0 Å². The van der Waals surface area contributed by atoms with E-state index in [1.54, 1.807) is 17.9 Å². The molecule has 0 aliphatic carbocycles. The SMILES string of the molecule is CCn1cc(CC(=O)c2cnn(C)c2N)cn1. The molecule has 90 valence electrons. The topological polar surface area (TPSA) is 78.7 Å². The van der Waals surface area contributed by atoms with E-state index in [0.29, 0.717) is 17.8 Å². The average Bonchev–Trinajstić information content (AvgIpc) is 2.88. The number of ketones is 1. The molecular weight excluding hydrogens is 218 g/mol. The maximum absolute atomic E-state index is 12.0. The summed E-state index contributed by atoms with van der Waals surface area (Å²) in [6, 6.07) is 0. The number of carbonyl (C=O) groups excluding carboxylic acids is 1. The quantitative estimate of drug-likeness (QED) is 0.786. The van der Waals surface area contributed by atoms with Crippen LogP contribution in [0.1, 0.15) is 22.8 Å². The number of aryl methyl sites for hydroxylation is 2. The van der Waals surface area contributed by atoms with Gasteiger partial charge in [0, 0.05) is 26.2 Å². The summed E-state index contributed by atoms with van der Waals surface area (Å²) in [5, 5.41) is 8.07. The van der Waals surface area contributed by atoms with Gasteiger partial charge in [0.25, 0.3) is 0 Å². The molecule has 0 saturated carbocycles. The summed E-state index contributed by atoms with van der Waals surface area (Å²) in [5.74, 6) is 0.365. The zero-order valence-corrected chi connectivity index (χ0v) is 9.92. The van der Waals surface area contributed by atoms with Crippen LogP contribution in [0, 0.1) is 0 Å². The second kappa shape index (κ2) is 4.40. The fraction of sp³-hybridized carbons (Fsp3) is 0.364. The molecule has 0 atom stereocenters. The Hall–Kier alpha value is -2.11. The number of nitrogens with two attached hydrogens (primary N) is 1. The van der Waals surface area contributed by atoms with Gasteiger partial charge in [-0.3, -0.25) is 14.2 Å². The lowest BCUT2D eigenvalue weighted by Gasteiger charge is -1.98. The predicted molar refractivity (Wildman–Crippen MR) is 63.6 cm³/mol. The van der Waals surface area contributed by atoms with Gasteiger partial charge >= 0.3 is 0 Å². The fourth-order valence-corrected chi connectivity index (χ4v) is 1.61. The van der Waals surface area contributed by atoms with Gasteiger partial charge in [0.1, 0.15) is 5.82 Å². The maximum Gasteiger partial charge on any atom is 0.172 e. The predicted octanol–water partition coefficient (Wildman–Crippen LogP) is 0.644. The van der Waals surface area contributed by atoms with Crippen molar-refractivity contribution in [2.24, 2.45) is 7.05 Å². The van der Waals surface area contributed by atoms with Gasteiger partial charge in [0.05, 0.1) is 18.0 Å². The van der Waals surface area contributed by atoms with Crippen molar-refractivity contribution >= 4 is 11.6 Å². The third-order valence-electron chi connectivity index (χ3n) is 2.66. The lowest BCUT2D eigenvalue weighted by atomic mass is 10.1. The number of hydrogen-bond donors (Lipinski definition) is 1. The van der Waals surface area contributed by atoms with Crippen LogP contribution in [0.2, 0.25) is 0 Å². The number of nitrogens with zero attached hydrogens (tertiary/aromatic N) is 4. The molecule has 17 heavy (non-hydrogen) atoms. The summed E-state index contributed by atoms with van der Waals surface area (Å²) < 4.78 is 3.28. The molecular formula is C11H15N5O. The molecule has 2 aromatic rings. The Kier molecular flexibility index (Phi) is 2.95. The second-order valence-electron chi connectivity index (χ2n) is 3.87. The van der Waals surface area contributed by atoms with E-state index in [4.69, 9.17) is 5.73 Å². The van der Waals surface area contributed by atoms with E-state index in [1.807, 2.05) is 13.1 Å². The van der Waals surface area contributed by atoms with Crippen LogP contribution in [-0.2, 0) is 20.0 Å². The summed E-state index contributed by atoms with van der Waals surface area (Å²) in [5.41, 5.74) is 7.11. The van der Waals surface area contributed by atoms with Crippen LogP contribution >= 0.6 is 0 Å². The maximum atomic E-state index is 12.0. The first-order chi connectivity index (χ1) is 8.11. The van der Waals surface area contributed by atoms with E-state index in [1.165, 1.54) is 10.9 Å². The monoisotopic (exact) mass is 233 g/mol. The first-order valence-corrected chi connectivity index (χ1v) is 5.43. The standard InChI is InChI=1S/C11H15N5O/c1-3-16-7-8(5-14-16)4-10(17)9-6-13-15(2)11(9)12/h5-7H,3-4,12H2,1-2H3. The lowest BCUT2D eigenvalue weighted by Crippen LogP contribution is -2.07. The zero-order valence-electron chi connectivity index (χ0n) is 9.92. The summed E-state index contributed by atoms with van der Waals surface area (Å²) >= 11 is 0.